The lowest BCUT2D eigenvalue weighted by Gasteiger charge is -2.36. The van der Waals surface area contributed by atoms with Gasteiger partial charge in [0.15, 0.2) is 9.84 Å². The summed E-state index contributed by atoms with van der Waals surface area (Å²) in [6, 6.07) is 5.38. The summed E-state index contributed by atoms with van der Waals surface area (Å²) in [6.07, 6.45) is 11.9. The van der Waals surface area contributed by atoms with Crippen molar-refractivity contribution in [3.05, 3.63) is 52.0 Å². The molecule has 1 N–H and O–H groups in total. The molecule has 2 fully saturated rings. The number of aliphatic hydroxyl groups is 1. The van der Waals surface area contributed by atoms with Crippen molar-refractivity contribution in [3.8, 4) is 11.1 Å². The number of rotatable bonds is 4. The molecule has 1 spiro atoms. The van der Waals surface area contributed by atoms with Crippen molar-refractivity contribution >= 4 is 21.6 Å². The highest BCUT2D eigenvalue weighted by Gasteiger charge is 2.54. The van der Waals surface area contributed by atoms with E-state index in [4.69, 9.17) is 0 Å². The van der Waals surface area contributed by atoms with Crippen molar-refractivity contribution in [1.29, 1.82) is 0 Å². The first-order valence-corrected chi connectivity index (χ1v) is 13.2. The lowest BCUT2D eigenvalue weighted by atomic mass is 9.88. The van der Waals surface area contributed by atoms with E-state index in [1.165, 1.54) is 6.26 Å². The Kier molecular flexibility index (Phi) is 5.09. The van der Waals surface area contributed by atoms with Crippen LogP contribution in [0.1, 0.15) is 36.8 Å². The number of hydrogen-bond donors (Lipinski definition) is 1. The average Bonchev–Trinajstić information content (AvgIpc) is 3.48. The molecule has 32 heavy (non-hydrogen) atoms. The molecule has 1 unspecified atom stereocenters. The molecule has 1 aromatic heterocycles. The predicted molar refractivity (Wildman–Crippen MR) is 127 cm³/mol. The van der Waals surface area contributed by atoms with Crippen molar-refractivity contribution < 1.29 is 13.5 Å². The number of aromatic nitrogens is 1. The molecule has 2 aliphatic carbocycles. The van der Waals surface area contributed by atoms with Gasteiger partial charge in [0, 0.05) is 61.6 Å². The van der Waals surface area contributed by atoms with E-state index >= 15 is 0 Å². The van der Waals surface area contributed by atoms with Crippen molar-refractivity contribution in [1.82, 2.24) is 4.57 Å². The van der Waals surface area contributed by atoms with Crippen molar-refractivity contribution in [2.45, 2.75) is 37.0 Å². The van der Waals surface area contributed by atoms with Crippen LogP contribution in [0, 0.1) is 11.3 Å². The predicted octanol–water partition coefficient (Wildman–Crippen LogP) is 3.01. The molecular formula is C25H30N2O4S. The molecule has 170 valence electrons. The van der Waals surface area contributed by atoms with Crippen molar-refractivity contribution in [2.24, 2.45) is 18.4 Å². The van der Waals surface area contributed by atoms with E-state index in [9.17, 15) is 18.3 Å². The van der Waals surface area contributed by atoms with Gasteiger partial charge in [0.1, 0.15) is 0 Å². The number of benzene rings is 1. The fourth-order valence-corrected chi connectivity index (χ4v) is 6.27. The maximum absolute atomic E-state index is 12.7. The Hall–Kier alpha value is -2.38. The van der Waals surface area contributed by atoms with Crippen LogP contribution in [0.2, 0.25) is 0 Å². The van der Waals surface area contributed by atoms with Crippen LogP contribution < -0.4 is 10.5 Å². The topological polar surface area (TPSA) is 79.6 Å². The first-order chi connectivity index (χ1) is 15.2. The quantitative estimate of drug-likeness (QED) is 0.768. The van der Waals surface area contributed by atoms with Gasteiger partial charge in [-0.05, 0) is 67.2 Å². The molecule has 5 rings (SSSR count). The third-order valence-corrected chi connectivity index (χ3v) is 8.84. The zero-order valence-electron chi connectivity index (χ0n) is 18.7. The molecule has 7 heteroatoms. The fourth-order valence-electron chi connectivity index (χ4n) is 5.62. The van der Waals surface area contributed by atoms with Gasteiger partial charge in [-0.1, -0.05) is 12.2 Å². The normalized spacial score (nSPS) is 21.6. The Morgan fingerprint density at radius 2 is 1.94 bits per heavy atom. The van der Waals surface area contributed by atoms with Crippen LogP contribution in [0.4, 0.5) is 5.69 Å². The Bertz CT molecular complexity index is 1270. The number of piperidine rings is 1. The van der Waals surface area contributed by atoms with Gasteiger partial charge >= 0.3 is 0 Å². The zero-order chi connectivity index (χ0) is 22.7. The molecule has 0 bridgehead atoms. The number of sulfone groups is 1. The van der Waals surface area contributed by atoms with Crippen LogP contribution >= 0.6 is 0 Å². The lowest BCUT2D eigenvalue weighted by molar-refractivity contribution is 0.232. The number of anilines is 1. The smallest absolute Gasteiger partial charge is 0.254 e. The second kappa shape index (κ2) is 7.59. The zero-order valence-corrected chi connectivity index (χ0v) is 19.5. The monoisotopic (exact) mass is 454 g/mol. The van der Waals surface area contributed by atoms with Gasteiger partial charge in [-0.25, -0.2) is 8.42 Å². The van der Waals surface area contributed by atoms with Gasteiger partial charge in [-0.3, -0.25) is 4.79 Å². The summed E-state index contributed by atoms with van der Waals surface area (Å²) >= 11 is 0. The lowest BCUT2D eigenvalue weighted by Crippen LogP contribution is -2.35. The SMILES string of the molecule is Cn1cc(-c2cc(S(C)(=O)=O)ccc2N2CCC3(CC2)CC3CO)c2c(c1=O)CCC=C2. The van der Waals surface area contributed by atoms with Crippen LogP contribution in [0.25, 0.3) is 17.2 Å². The number of pyridine rings is 1. The number of aliphatic hydroxyl groups excluding tert-OH is 1. The number of fused-ring (bicyclic) bond motifs is 1. The van der Waals surface area contributed by atoms with Crippen LogP contribution in [0.5, 0.6) is 0 Å². The van der Waals surface area contributed by atoms with E-state index in [0.29, 0.717) is 12.3 Å². The number of allylic oxidation sites excluding steroid dienone is 1. The maximum Gasteiger partial charge on any atom is 0.254 e. The summed E-state index contributed by atoms with van der Waals surface area (Å²) in [4.78, 5) is 15.4. The summed E-state index contributed by atoms with van der Waals surface area (Å²) < 4.78 is 26.4. The van der Waals surface area contributed by atoms with Gasteiger partial charge < -0.3 is 14.6 Å². The molecule has 2 heterocycles. The highest BCUT2D eigenvalue weighted by Crippen LogP contribution is 2.59. The Balaban J connectivity index is 1.63. The summed E-state index contributed by atoms with van der Waals surface area (Å²) in [7, 11) is -1.61. The highest BCUT2D eigenvalue weighted by atomic mass is 32.2. The summed E-state index contributed by atoms with van der Waals surface area (Å²) in [5.74, 6) is 0.428. The molecule has 1 aromatic carbocycles. The second-order valence-corrected chi connectivity index (χ2v) is 11.7. The van der Waals surface area contributed by atoms with E-state index in [1.807, 2.05) is 18.3 Å². The summed E-state index contributed by atoms with van der Waals surface area (Å²) in [5.41, 5.74) is 4.77. The van der Waals surface area contributed by atoms with Crippen molar-refractivity contribution in [2.75, 3.05) is 30.9 Å². The molecule has 3 aliphatic rings. The van der Waals surface area contributed by atoms with Gasteiger partial charge in [0.05, 0.1) is 4.90 Å². The van der Waals surface area contributed by atoms with E-state index < -0.39 is 9.84 Å². The largest absolute Gasteiger partial charge is 0.396 e. The van der Waals surface area contributed by atoms with Gasteiger partial charge in [0.2, 0.25) is 0 Å². The molecule has 2 aromatic rings. The third-order valence-electron chi connectivity index (χ3n) is 7.73. The molecule has 0 amide bonds. The average molecular weight is 455 g/mol. The number of hydrogen-bond acceptors (Lipinski definition) is 5. The maximum atomic E-state index is 12.7. The minimum Gasteiger partial charge on any atom is -0.396 e. The molecular weight excluding hydrogens is 424 g/mol. The molecule has 6 nitrogen and oxygen atoms in total. The van der Waals surface area contributed by atoms with Crippen molar-refractivity contribution in [3.63, 3.8) is 0 Å². The standard InChI is InChI=1S/C25H30N2O4S/c1-26-15-22(19-5-3-4-6-20(19)24(26)29)21-13-18(32(2,30)31)7-8-23(21)27-11-9-25(10-12-27)14-17(25)16-28/h3,5,7-8,13,15,17,28H,4,6,9-12,14,16H2,1-2H3. The molecule has 1 atom stereocenters. The molecule has 1 saturated carbocycles. The molecule has 0 radical (unpaired) electrons. The summed E-state index contributed by atoms with van der Waals surface area (Å²) in [6.45, 7) is 2.03. The van der Waals surface area contributed by atoms with E-state index in [-0.39, 0.29) is 22.5 Å². The van der Waals surface area contributed by atoms with E-state index in [0.717, 1.165) is 66.7 Å². The fraction of sp³-hybridized carbons (Fsp3) is 0.480. The van der Waals surface area contributed by atoms with E-state index in [1.54, 1.807) is 23.7 Å². The second-order valence-electron chi connectivity index (χ2n) is 9.68. The van der Waals surface area contributed by atoms with Crippen LogP contribution in [-0.4, -0.2) is 44.0 Å². The third kappa shape index (κ3) is 3.52. The highest BCUT2D eigenvalue weighted by molar-refractivity contribution is 7.90. The first-order valence-electron chi connectivity index (χ1n) is 11.3. The Morgan fingerprint density at radius 1 is 1.19 bits per heavy atom. The van der Waals surface area contributed by atoms with Crippen LogP contribution in [-0.2, 0) is 23.3 Å². The molecule has 1 aliphatic heterocycles. The minimum atomic E-state index is -3.37. The van der Waals surface area contributed by atoms with Gasteiger partial charge in [0.25, 0.3) is 5.56 Å². The van der Waals surface area contributed by atoms with E-state index in [2.05, 4.69) is 11.0 Å². The Labute approximate surface area is 189 Å². The van der Waals surface area contributed by atoms with Gasteiger partial charge in [-0.2, -0.15) is 0 Å². The molecule has 1 saturated heterocycles. The number of aryl methyl sites for hydroxylation is 1. The number of nitrogens with zero attached hydrogens (tertiary/aromatic N) is 2. The van der Waals surface area contributed by atoms with Gasteiger partial charge in [-0.15, -0.1) is 0 Å². The first kappa shape index (κ1) is 21.5. The minimum absolute atomic E-state index is 0.0117. The Morgan fingerprint density at radius 3 is 2.59 bits per heavy atom. The summed E-state index contributed by atoms with van der Waals surface area (Å²) in [5, 5.41) is 9.56. The van der Waals surface area contributed by atoms with Crippen LogP contribution in [0.3, 0.4) is 0 Å². The van der Waals surface area contributed by atoms with Crippen LogP contribution in [0.15, 0.2) is 40.2 Å².